The molecule has 1 aromatic rings. The van der Waals surface area contributed by atoms with Gasteiger partial charge in [0.2, 0.25) is 0 Å². The van der Waals surface area contributed by atoms with E-state index >= 15 is 0 Å². The van der Waals surface area contributed by atoms with Crippen LogP contribution in [0.1, 0.15) is 18.9 Å². The number of ether oxygens (including phenoxy) is 1. The van der Waals surface area contributed by atoms with Gasteiger partial charge >= 0.3 is 0 Å². The Kier molecular flexibility index (Phi) is 5.44. The van der Waals surface area contributed by atoms with Crippen molar-refractivity contribution < 1.29 is 13.2 Å². The molecule has 1 aromatic carbocycles. The molecule has 0 saturated carbocycles. The van der Waals surface area contributed by atoms with Crippen molar-refractivity contribution in [2.24, 2.45) is 5.73 Å². The van der Waals surface area contributed by atoms with Gasteiger partial charge in [-0.25, -0.2) is 8.42 Å². The normalized spacial score (nSPS) is 11.4. The van der Waals surface area contributed by atoms with Gasteiger partial charge < -0.3 is 10.5 Å². The van der Waals surface area contributed by atoms with Crippen LogP contribution in [-0.4, -0.2) is 26.5 Å². The van der Waals surface area contributed by atoms with Crippen LogP contribution in [0.15, 0.2) is 24.3 Å². The molecule has 96 valence electrons. The Morgan fingerprint density at radius 1 is 1.35 bits per heavy atom. The molecule has 0 saturated heterocycles. The maximum Gasteiger partial charge on any atom is 0.150 e. The molecule has 0 atom stereocenters. The van der Waals surface area contributed by atoms with Crippen molar-refractivity contribution in [3.8, 4) is 5.75 Å². The fraction of sp³-hybridized carbons (Fsp3) is 0.500. The third-order valence-electron chi connectivity index (χ3n) is 2.44. The first-order valence-electron chi connectivity index (χ1n) is 5.69. The average molecular weight is 257 g/mol. The van der Waals surface area contributed by atoms with E-state index in [9.17, 15) is 8.42 Å². The average Bonchev–Trinajstić information content (AvgIpc) is 2.35. The molecule has 0 bridgehead atoms. The molecule has 0 radical (unpaired) electrons. The highest BCUT2D eigenvalue weighted by molar-refractivity contribution is 7.91. The summed E-state index contributed by atoms with van der Waals surface area (Å²) in [5.74, 6) is 1.11. The Labute approximate surface area is 103 Å². The molecule has 0 fully saturated rings. The molecular weight excluding hydrogens is 238 g/mol. The van der Waals surface area contributed by atoms with E-state index in [-0.39, 0.29) is 11.5 Å². The van der Waals surface area contributed by atoms with Gasteiger partial charge in [-0.1, -0.05) is 19.1 Å². The molecule has 1 rings (SSSR count). The van der Waals surface area contributed by atoms with Crippen LogP contribution in [0, 0.1) is 0 Å². The summed E-state index contributed by atoms with van der Waals surface area (Å²) in [6, 6.07) is 7.51. The van der Waals surface area contributed by atoms with Crippen molar-refractivity contribution in [1.82, 2.24) is 0 Å². The molecule has 0 aromatic heterocycles. The van der Waals surface area contributed by atoms with Crippen LogP contribution in [0.4, 0.5) is 0 Å². The number of benzene rings is 1. The van der Waals surface area contributed by atoms with Crippen molar-refractivity contribution in [3.05, 3.63) is 29.8 Å². The summed E-state index contributed by atoms with van der Waals surface area (Å²) in [6.45, 7) is 2.54. The monoisotopic (exact) mass is 257 g/mol. The van der Waals surface area contributed by atoms with Crippen LogP contribution < -0.4 is 10.5 Å². The Bertz CT molecular complexity index is 443. The summed E-state index contributed by atoms with van der Waals surface area (Å²) in [4.78, 5) is 0. The van der Waals surface area contributed by atoms with Crippen molar-refractivity contribution in [2.45, 2.75) is 19.9 Å². The molecule has 0 amide bonds. The number of hydrogen-bond donors (Lipinski definition) is 1. The SMILES string of the molecule is CCS(=O)(=O)CCCOc1cccc(CN)c1. The molecule has 17 heavy (non-hydrogen) atoms. The van der Waals surface area contributed by atoms with Crippen molar-refractivity contribution in [2.75, 3.05) is 18.1 Å². The van der Waals surface area contributed by atoms with Gasteiger partial charge in [-0.2, -0.15) is 0 Å². The largest absolute Gasteiger partial charge is 0.494 e. The van der Waals surface area contributed by atoms with Gasteiger partial charge in [-0.05, 0) is 24.1 Å². The number of sulfone groups is 1. The molecule has 0 aliphatic heterocycles. The lowest BCUT2D eigenvalue weighted by Crippen LogP contribution is -2.11. The van der Waals surface area contributed by atoms with Gasteiger partial charge in [-0.3, -0.25) is 0 Å². The van der Waals surface area contributed by atoms with Gasteiger partial charge in [0.1, 0.15) is 15.6 Å². The van der Waals surface area contributed by atoms with E-state index in [1.54, 1.807) is 6.92 Å². The van der Waals surface area contributed by atoms with E-state index in [1.807, 2.05) is 24.3 Å². The lowest BCUT2D eigenvalue weighted by Gasteiger charge is -2.07. The third kappa shape index (κ3) is 5.19. The number of rotatable bonds is 7. The second kappa shape index (κ2) is 6.61. The van der Waals surface area contributed by atoms with Gasteiger partial charge in [-0.15, -0.1) is 0 Å². The minimum Gasteiger partial charge on any atom is -0.494 e. The van der Waals surface area contributed by atoms with Gasteiger partial charge in [0.25, 0.3) is 0 Å². The molecule has 2 N–H and O–H groups in total. The topological polar surface area (TPSA) is 69.4 Å². The Balaban J connectivity index is 2.36. The standard InChI is InChI=1S/C12H19NO3S/c1-2-17(14,15)8-4-7-16-12-6-3-5-11(9-12)10-13/h3,5-6,9H,2,4,7-8,10,13H2,1H3. The minimum atomic E-state index is -2.89. The molecule has 4 nitrogen and oxygen atoms in total. The van der Waals surface area contributed by atoms with Crippen molar-refractivity contribution >= 4 is 9.84 Å². The number of hydrogen-bond acceptors (Lipinski definition) is 4. The zero-order valence-electron chi connectivity index (χ0n) is 10.1. The lowest BCUT2D eigenvalue weighted by atomic mass is 10.2. The Hall–Kier alpha value is -1.07. The third-order valence-corrected chi connectivity index (χ3v) is 4.23. The summed E-state index contributed by atoms with van der Waals surface area (Å²) in [5, 5.41) is 0. The van der Waals surface area contributed by atoms with E-state index in [1.165, 1.54) is 0 Å². The summed E-state index contributed by atoms with van der Waals surface area (Å²) >= 11 is 0. The quantitative estimate of drug-likeness (QED) is 0.749. The highest BCUT2D eigenvalue weighted by Crippen LogP contribution is 2.13. The van der Waals surface area contributed by atoms with Gasteiger partial charge in [0, 0.05) is 12.3 Å². The van der Waals surface area contributed by atoms with Crippen molar-refractivity contribution in [3.63, 3.8) is 0 Å². The van der Waals surface area contributed by atoms with Crippen molar-refractivity contribution in [1.29, 1.82) is 0 Å². The second-order valence-corrected chi connectivity index (χ2v) is 6.26. The zero-order chi connectivity index (χ0) is 12.7. The molecular formula is C12H19NO3S. The maximum absolute atomic E-state index is 11.2. The Morgan fingerprint density at radius 3 is 2.76 bits per heavy atom. The predicted molar refractivity (Wildman–Crippen MR) is 68.8 cm³/mol. The van der Waals surface area contributed by atoms with Crippen LogP contribution in [0.2, 0.25) is 0 Å². The minimum absolute atomic E-state index is 0.181. The molecule has 0 aliphatic carbocycles. The van der Waals surface area contributed by atoms with E-state index in [0.29, 0.717) is 19.6 Å². The van der Waals surface area contributed by atoms with Crippen LogP contribution in [0.3, 0.4) is 0 Å². The highest BCUT2D eigenvalue weighted by Gasteiger charge is 2.06. The Morgan fingerprint density at radius 2 is 2.12 bits per heavy atom. The molecule has 0 unspecified atom stereocenters. The fourth-order valence-corrected chi connectivity index (χ4v) is 2.22. The predicted octanol–water partition coefficient (Wildman–Crippen LogP) is 1.35. The highest BCUT2D eigenvalue weighted by atomic mass is 32.2. The first kappa shape index (κ1) is 14.0. The zero-order valence-corrected chi connectivity index (χ0v) is 10.9. The van der Waals surface area contributed by atoms with Gasteiger partial charge in [0.05, 0.1) is 12.4 Å². The van der Waals surface area contributed by atoms with Crippen LogP contribution in [0.25, 0.3) is 0 Å². The lowest BCUT2D eigenvalue weighted by molar-refractivity contribution is 0.317. The summed E-state index contributed by atoms with van der Waals surface area (Å²) in [5.41, 5.74) is 6.52. The van der Waals surface area contributed by atoms with E-state index in [2.05, 4.69) is 0 Å². The van der Waals surface area contributed by atoms with E-state index in [0.717, 1.165) is 11.3 Å². The molecule has 0 spiro atoms. The van der Waals surface area contributed by atoms with E-state index < -0.39 is 9.84 Å². The second-order valence-electron chi connectivity index (χ2n) is 3.79. The fourth-order valence-electron chi connectivity index (χ4n) is 1.38. The van der Waals surface area contributed by atoms with Crippen LogP contribution >= 0.6 is 0 Å². The number of nitrogens with two attached hydrogens (primary N) is 1. The molecule has 0 aliphatic rings. The van der Waals surface area contributed by atoms with Gasteiger partial charge in [0.15, 0.2) is 0 Å². The van der Waals surface area contributed by atoms with Crippen LogP contribution in [0.5, 0.6) is 5.75 Å². The summed E-state index contributed by atoms with van der Waals surface area (Å²) in [6.07, 6.45) is 0.517. The molecule has 5 heteroatoms. The summed E-state index contributed by atoms with van der Waals surface area (Å²) in [7, 11) is -2.89. The summed E-state index contributed by atoms with van der Waals surface area (Å²) < 4.78 is 27.9. The van der Waals surface area contributed by atoms with Crippen LogP contribution in [-0.2, 0) is 16.4 Å². The van der Waals surface area contributed by atoms with E-state index in [4.69, 9.17) is 10.5 Å². The first-order chi connectivity index (χ1) is 8.07. The smallest absolute Gasteiger partial charge is 0.150 e. The first-order valence-corrected chi connectivity index (χ1v) is 7.52. The maximum atomic E-state index is 11.2. The molecule has 0 heterocycles.